The first-order valence-corrected chi connectivity index (χ1v) is 7.02. The van der Waals surface area contributed by atoms with Gasteiger partial charge in [-0.05, 0) is 36.2 Å². The highest BCUT2D eigenvalue weighted by Gasteiger charge is 2.14. The molecule has 0 saturated carbocycles. The maximum absolute atomic E-state index is 5.44. The second-order valence-electron chi connectivity index (χ2n) is 4.71. The second-order valence-corrected chi connectivity index (χ2v) is 4.71. The Hall–Kier alpha value is -1.48. The highest BCUT2D eigenvalue weighted by atomic mass is 16.5. The van der Waals surface area contributed by atoms with Crippen molar-refractivity contribution in [3.05, 3.63) is 35.9 Å². The predicted molar refractivity (Wildman–Crippen MR) is 78.3 cm³/mol. The normalized spacial score (nSPS) is 16.5. The summed E-state index contributed by atoms with van der Waals surface area (Å²) in [5, 5.41) is 0. The van der Waals surface area contributed by atoms with E-state index in [1.54, 1.807) is 7.11 Å². The highest BCUT2D eigenvalue weighted by molar-refractivity contribution is 5.64. The molecule has 1 aliphatic rings. The minimum atomic E-state index is 0.819. The van der Waals surface area contributed by atoms with Crippen molar-refractivity contribution in [2.75, 3.05) is 33.4 Å². The lowest BCUT2D eigenvalue weighted by molar-refractivity contribution is 0.0639. The van der Waals surface area contributed by atoms with Crippen molar-refractivity contribution in [2.45, 2.75) is 19.8 Å². The molecule has 0 aliphatic carbocycles. The number of allylic oxidation sites excluding steroid dienone is 1. The Morgan fingerprint density at radius 1 is 1.26 bits per heavy atom. The van der Waals surface area contributed by atoms with Gasteiger partial charge in [-0.1, -0.05) is 19.4 Å². The molecule has 0 bridgehead atoms. The van der Waals surface area contributed by atoms with Gasteiger partial charge in [-0.2, -0.15) is 0 Å². The van der Waals surface area contributed by atoms with Gasteiger partial charge in [0.1, 0.15) is 5.75 Å². The second kappa shape index (κ2) is 7.19. The molecule has 1 heterocycles. The number of nitrogens with zero attached hydrogens (tertiary/aromatic N) is 1. The molecule has 1 aromatic rings. The maximum atomic E-state index is 5.44. The zero-order valence-electron chi connectivity index (χ0n) is 11.9. The van der Waals surface area contributed by atoms with Crippen LogP contribution in [0.3, 0.4) is 0 Å². The van der Waals surface area contributed by atoms with Crippen LogP contribution < -0.4 is 4.74 Å². The summed E-state index contributed by atoms with van der Waals surface area (Å²) in [6.07, 6.45) is 4.62. The van der Waals surface area contributed by atoms with Crippen LogP contribution in [0.25, 0.3) is 5.70 Å². The molecule has 104 valence electrons. The van der Waals surface area contributed by atoms with Gasteiger partial charge in [0.2, 0.25) is 0 Å². The number of morpholine rings is 1. The summed E-state index contributed by atoms with van der Waals surface area (Å²) in [4.78, 5) is 2.42. The largest absolute Gasteiger partial charge is 0.497 e. The lowest BCUT2D eigenvalue weighted by Gasteiger charge is -2.31. The van der Waals surface area contributed by atoms with E-state index in [4.69, 9.17) is 9.47 Å². The fourth-order valence-corrected chi connectivity index (χ4v) is 2.28. The van der Waals surface area contributed by atoms with Crippen LogP contribution in [0.15, 0.2) is 30.3 Å². The van der Waals surface area contributed by atoms with Gasteiger partial charge in [-0.3, -0.25) is 0 Å². The van der Waals surface area contributed by atoms with Crippen molar-refractivity contribution >= 4 is 5.70 Å². The number of ether oxygens (including phenoxy) is 2. The number of hydrogen-bond donors (Lipinski definition) is 0. The Balaban J connectivity index is 2.20. The zero-order valence-corrected chi connectivity index (χ0v) is 11.9. The van der Waals surface area contributed by atoms with Gasteiger partial charge in [0.15, 0.2) is 0 Å². The molecular weight excluding hydrogens is 238 g/mol. The molecule has 19 heavy (non-hydrogen) atoms. The quantitative estimate of drug-likeness (QED) is 0.812. The summed E-state index contributed by atoms with van der Waals surface area (Å²) in [6.45, 7) is 5.80. The number of hydrogen-bond acceptors (Lipinski definition) is 3. The summed E-state index contributed by atoms with van der Waals surface area (Å²) in [5.41, 5.74) is 2.59. The summed E-state index contributed by atoms with van der Waals surface area (Å²) < 4.78 is 10.7. The molecule has 1 aromatic carbocycles. The minimum Gasteiger partial charge on any atom is -0.497 e. The average Bonchev–Trinajstić information content (AvgIpc) is 2.49. The van der Waals surface area contributed by atoms with Crippen LogP contribution in [-0.4, -0.2) is 38.3 Å². The molecule has 0 radical (unpaired) electrons. The van der Waals surface area contributed by atoms with Crippen LogP contribution in [0.5, 0.6) is 5.75 Å². The molecule has 2 rings (SSSR count). The monoisotopic (exact) mass is 261 g/mol. The van der Waals surface area contributed by atoms with Crippen LogP contribution in [0.4, 0.5) is 0 Å². The SMILES string of the molecule is CCC/C=C(\c1ccc(OC)cc1)N1CCOCC1. The Labute approximate surface area is 115 Å². The van der Waals surface area contributed by atoms with Gasteiger partial charge in [-0.25, -0.2) is 0 Å². The van der Waals surface area contributed by atoms with E-state index < -0.39 is 0 Å². The third-order valence-electron chi connectivity index (χ3n) is 3.36. The van der Waals surface area contributed by atoms with Crippen LogP contribution in [0.1, 0.15) is 25.3 Å². The lowest BCUT2D eigenvalue weighted by Crippen LogP contribution is -2.35. The summed E-state index contributed by atoms with van der Waals surface area (Å²) >= 11 is 0. The number of methoxy groups -OCH3 is 1. The van der Waals surface area contributed by atoms with Gasteiger partial charge >= 0.3 is 0 Å². The molecule has 0 amide bonds. The Morgan fingerprint density at radius 2 is 1.95 bits per heavy atom. The molecule has 3 heteroatoms. The van der Waals surface area contributed by atoms with E-state index in [2.05, 4.69) is 30.0 Å². The van der Waals surface area contributed by atoms with Crippen LogP contribution in [0, 0.1) is 0 Å². The molecule has 1 saturated heterocycles. The van der Waals surface area contributed by atoms with Gasteiger partial charge in [0.05, 0.1) is 20.3 Å². The standard InChI is InChI=1S/C16H23NO2/c1-3-4-5-16(17-10-12-19-13-11-17)14-6-8-15(18-2)9-7-14/h5-9H,3-4,10-13H2,1-2H3/b16-5+. The Kier molecular flexibility index (Phi) is 5.28. The topological polar surface area (TPSA) is 21.7 Å². The maximum Gasteiger partial charge on any atom is 0.118 e. The molecule has 1 aliphatic heterocycles. The van der Waals surface area contributed by atoms with Crippen molar-refractivity contribution < 1.29 is 9.47 Å². The first kappa shape index (κ1) is 13.9. The number of benzene rings is 1. The fourth-order valence-electron chi connectivity index (χ4n) is 2.28. The van der Waals surface area contributed by atoms with Crippen LogP contribution in [0.2, 0.25) is 0 Å². The third kappa shape index (κ3) is 3.74. The van der Waals surface area contributed by atoms with E-state index in [0.717, 1.165) is 38.5 Å². The van der Waals surface area contributed by atoms with E-state index >= 15 is 0 Å². The first-order valence-electron chi connectivity index (χ1n) is 7.02. The van der Waals surface area contributed by atoms with Crippen molar-refractivity contribution in [1.29, 1.82) is 0 Å². The molecule has 0 N–H and O–H groups in total. The Morgan fingerprint density at radius 3 is 2.53 bits per heavy atom. The van der Waals surface area contributed by atoms with Gasteiger partial charge in [-0.15, -0.1) is 0 Å². The molecule has 3 nitrogen and oxygen atoms in total. The van der Waals surface area contributed by atoms with E-state index in [1.807, 2.05) is 12.1 Å². The Bertz CT molecular complexity index is 405. The zero-order chi connectivity index (χ0) is 13.5. The van der Waals surface area contributed by atoms with Gasteiger partial charge in [0.25, 0.3) is 0 Å². The molecule has 0 aromatic heterocycles. The lowest BCUT2D eigenvalue weighted by atomic mass is 10.1. The molecule has 0 unspecified atom stereocenters. The van der Waals surface area contributed by atoms with Crippen molar-refractivity contribution in [3.63, 3.8) is 0 Å². The predicted octanol–water partition coefficient (Wildman–Crippen LogP) is 3.17. The smallest absolute Gasteiger partial charge is 0.118 e. The molecular formula is C16H23NO2. The molecule has 0 spiro atoms. The first-order chi connectivity index (χ1) is 9.35. The summed E-state index contributed by atoms with van der Waals surface area (Å²) in [5.74, 6) is 0.903. The number of unbranched alkanes of at least 4 members (excludes halogenated alkanes) is 1. The van der Waals surface area contributed by atoms with Crippen LogP contribution in [-0.2, 0) is 4.74 Å². The highest BCUT2D eigenvalue weighted by Crippen LogP contribution is 2.23. The van der Waals surface area contributed by atoms with Crippen molar-refractivity contribution in [1.82, 2.24) is 4.90 Å². The van der Waals surface area contributed by atoms with Crippen molar-refractivity contribution in [2.24, 2.45) is 0 Å². The van der Waals surface area contributed by atoms with Crippen LogP contribution >= 0.6 is 0 Å². The van der Waals surface area contributed by atoms with Gasteiger partial charge < -0.3 is 14.4 Å². The van der Waals surface area contributed by atoms with E-state index in [9.17, 15) is 0 Å². The van der Waals surface area contributed by atoms with Crippen molar-refractivity contribution in [3.8, 4) is 5.75 Å². The average molecular weight is 261 g/mol. The summed E-state index contributed by atoms with van der Waals surface area (Å²) in [6, 6.07) is 8.32. The van der Waals surface area contributed by atoms with Gasteiger partial charge in [0, 0.05) is 18.8 Å². The van der Waals surface area contributed by atoms with E-state index in [0.29, 0.717) is 0 Å². The fraction of sp³-hybridized carbons (Fsp3) is 0.500. The molecule has 1 fully saturated rings. The third-order valence-corrected chi connectivity index (χ3v) is 3.36. The molecule has 0 atom stereocenters. The van der Waals surface area contributed by atoms with E-state index in [-0.39, 0.29) is 0 Å². The number of rotatable bonds is 5. The summed E-state index contributed by atoms with van der Waals surface area (Å²) in [7, 11) is 1.70. The van der Waals surface area contributed by atoms with E-state index in [1.165, 1.54) is 17.7 Å². The minimum absolute atomic E-state index is 0.819.